The van der Waals surface area contributed by atoms with Crippen LogP contribution in [0.15, 0.2) is 48.7 Å². The summed E-state index contributed by atoms with van der Waals surface area (Å²) < 4.78 is 12.3. The molecule has 1 amide bonds. The highest BCUT2D eigenvalue weighted by molar-refractivity contribution is 6.36. The highest BCUT2D eigenvalue weighted by atomic mass is 35.5. The maximum atomic E-state index is 12.5. The van der Waals surface area contributed by atoms with Crippen molar-refractivity contribution in [1.29, 1.82) is 0 Å². The Morgan fingerprint density at radius 3 is 2.54 bits per heavy atom. The van der Waals surface area contributed by atoms with Crippen LogP contribution < -0.4 is 14.8 Å². The summed E-state index contributed by atoms with van der Waals surface area (Å²) in [5, 5.41) is 8.06. The summed E-state index contributed by atoms with van der Waals surface area (Å²) >= 11 is 12.3. The van der Waals surface area contributed by atoms with E-state index < -0.39 is 0 Å². The third-order valence-electron chi connectivity index (χ3n) is 4.20. The Morgan fingerprint density at radius 1 is 1.11 bits per heavy atom. The van der Waals surface area contributed by atoms with Gasteiger partial charge in [0.15, 0.2) is 0 Å². The second-order valence-electron chi connectivity index (χ2n) is 5.98. The molecule has 3 rings (SSSR count). The molecule has 8 heteroatoms. The summed E-state index contributed by atoms with van der Waals surface area (Å²) in [6, 6.07) is 12.4. The fourth-order valence-corrected chi connectivity index (χ4v) is 3.29. The minimum absolute atomic E-state index is 0.0650. The monoisotopic (exact) mass is 419 g/mol. The largest absolute Gasteiger partial charge is 0.497 e. The van der Waals surface area contributed by atoms with Gasteiger partial charge < -0.3 is 14.8 Å². The van der Waals surface area contributed by atoms with E-state index in [4.69, 9.17) is 32.7 Å². The van der Waals surface area contributed by atoms with Gasteiger partial charge in [-0.1, -0.05) is 29.3 Å². The van der Waals surface area contributed by atoms with Crippen molar-refractivity contribution < 1.29 is 14.3 Å². The van der Waals surface area contributed by atoms with E-state index in [0.29, 0.717) is 39.5 Å². The van der Waals surface area contributed by atoms with Crippen molar-refractivity contribution in [1.82, 2.24) is 9.78 Å². The molecule has 2 aromatic carbocycles. The van der Waals surface area contributed by atoms with Crippen molar-refractivity contribution >= 4 is 34.9 Å². The number of halogens is 2. The molecule has 6 nitrogen and oxygen atoms in total. The first-order chi connectivity index (χ1) is 13.5. The molecule has 0 aliphatic carbocycles. The van der Waals surface area contributed by atoms with Gasteiger partial charge in [-0.3, -0.25) is 4.79 Å². The molecule has 0 spiro atoms. The molecule has 3 aromatic rings. The summed E-state index contributed by atoms with van der Waals surface area (Å²) in [6.45, 7) is 0.419. The quantitative estimate of drug-likeness (QED) is 0.614. The highest BCUT2D eigenvalue weighted by Crippen LogP contribution is 2.27. The molecular formula is C20H19Cl2N3O3. The average molecular weight is 420 g/mol. The van der Waals surface area contributed by atoms with Crippen LogP contribution in [0.1, 0.15) is 11.1 Å². The van der Waals surface area contributed by atoms with Crippen molar-refractivity contribution in [2.24, 2.45) is 0 Å². The molecule has 1 heterocycles. The van der Waals surface area contributed by atoms with Crippen LogP contribution >= 0.6 is 23.2 Å². The number of amides is 1. The smallest absolute Gasteiger partial charge is 0.230 e. The van der Waals surface area contributed by atoms with Gasteiger partial charge in [-0.15, -0.1) is 0 Å². The molecule has 0 bridgehead atoms. The zero-order chi connectivity index (χ0) is 20.1. The van der Waals surface area contributed by atoms with Crippen molar-refractivity contribution in [2.75, 3.05) is 19.5 Å². The van der Waals surface area contributed by atoms with Crippen LogP contribution in [0, 0.1) is 0 Å². The molecule has 0 saturated heterocycles. The predicted octanol–water partition coefficient (Wildman–Crippen LogP) is 4.44. The van der Waals surface area contributed by atoms with Crippen LogP contribution in [0.25, 0.3) is 0 Å². The van der Waals surface area contributed by atoms with Crippen LogP contribution in [-0.4, -0.2) is 29.9 Å². The Kier molecular flexibility index (Phi) is 6.44. The number of aromatic nitrogens is 2. The van der Waals surface area contributed by atoms with Crippen molar-refractivity contribution in [3.05, 3.63) is 69.8 Å². The Bertz CT molecular complexity index is 968. The molecule has 0 fully saturated rings. The minimum Gasteiger partial charge on any atom is -0.497 e. The first-order valence-electron chi connectivity index (χ1n) is 8.47. The van der Waals surface area contributed by atoms with E-state index in [-0.39, 0.29) is 12.3 Å². The first kappa shape index (κ1) is 20.0. The maximum absolute atomic E-state index is 12.5. The van der Waals surface area contributed by atoms with E-state index in [1.807, 2.05) is 12.1 Å². The van der Waals surface area contributed by atoms with Crippen LogP contribution in [0.3, 0.4) is 0 Å². The molecule has 1 aromatic heterocycles. The predicted molar refractivity (Wildman–Crippen MR) is 110 cm³/mol. The van der Waals surface area contributed by atoms with Gasteiger partial charge >= 0.3 is 0 Å². The molecule has 146 valence electrons. The van der Waals surface area contributed by atoms with Gasteiger partial charge in [-0.25, -0.2) is 4.68 Å². The van der Waals surface area contributed by atoms with Crippen molar-refractivity contribution in [3.63, 3.8) is 0 Å². The lowest BCUT2D eigenvalue weighted by molar-refractivity contribution is -0.115. The average Bonchev–Trinajstić information content (AvgIpc) is 3.11. The fourth-order valence-electron chi connectivity index (χ4n) is 2.76. The van der Waals surface area contributed by atoms with E-state index in [9.17, 15) is 4.79 Å². The molecule has 28 heavy (non-hydrogen) atoms. The van der Waals surface area contributed by atoms with Gasteiger partial charge in [-0.05, 0) is 29.8 Å². The Morgan fingerprint density at radius 2 is 1.86 bits per heavy atom. The zero-order valence-electron chi connectivity index (χ0n) is 15.4. The molecule has 0 aliphatic rings. The summed E-state index contributed by atoms with van der Waals surface area (Å²) in [5.74, 6) is 1.70. The number of hydrogen-bond acceptors (Lipinski definition) is 4. The van der Waals surface area contributed by atoms with E-state index in [0.717, 1.165) is 5.56 Å². The molecule has 0 unspecified atom stereocenters. The SMILES string of the molecule is COc1ccc(Cn2nccc2NC(=O)Cc2c(Cl)cccc2Cl)c(OC)c1. The van der Waals surface area contributed by atoms with Crippen LogP contribution in [0.5, 0.6) is 11.5 Å². The van der Waals surface area contributed by atoms with E-state index in [1.165, 1.54) is 0 Å². The number of hydrogen-bond donors (Lipinski definition) is 1. The lowest BCUT2D eigenvalue weighted by Gasteiger charge is -2.13. The van der Waals surface area contributed by atoms with Gasteiger partial charge in [0.05, 0.1) is 33.4 Å². The Labute approximate surface area is 173 Å². The lowest BCUT2D eigenvalue weighted by Crippen LogP contribution is -2.18. The third-order valence-corrected chi connectivity index (χ3v) is 4.91. The normalized spacial score (nSPS) is 10.6. The highest BCUT2D eigenvalue weighted by Gasteiger charge is 2.14. The number of anilines is 1. The zero-order valence-corrected chi connectivity index (χ0v) is 16.9. The van der Waals surface area contributed by atoms with Gasteiger partial charge in [0, 0.05) is 27.7 Å². The van der Waals surface area contributed by atoms with Gasteiger partial charge in [0.2, 0.25) is 5.91 Å². The summed E-state index contributed by atoms with van der Waals surface area (Å²) in [5.41, 5.74) is 1.49. The molecule has 0 atom stereocenters. The van der Waals surface area contributed by atoms with Crippen LogP contribution in [0.2, 0.25) is 10.0 Å². The third kappa shape index (κ3) is 4.58. The Balaban J connectivity index is 1.75. The summed E-state index contributed by atoms with van der Waals surface area (Å²) in [6.07, 6.45) is 1.68. The number of nitrogens with one attached hydrogen (secondary N) is 1. The van der Waals surface area contributed by atoms with Crippen LogP contribution in [0.4, 0.5) is 5.82 Å². The molecule has 1 N–H and O–H groups in total. The van der Waals surface area contributed by atoms with E-state index >= 15 is 0 Å². The number of methoxy groups -OCH3 is 2. The molecule has 0 aliphatic heterocycles. The van der Waals surface area contributed by atoms with Crippen LogP contribution in [-0.2, 0) is 17.8 Å². The van der Waals surface area contributed by atoms with E-state index in [1.54, 1.807) is 55.4 Å². The number of ether oxygens (including phenoxy) is 2. The van der Waals surface area contributed by atoms with Crippen molar-refractivity contribution in [2.45, 2.75) is 13.0 Å². The first-order valence-corrected chi connectivity index (χ1v) is 9.23. The number of carbonyl (C=O) groups is 1. The maximum Gasteiger partial charge on any atom is 0.230 e. The number of benzene rings is 2. The Hall–Kier alpha value is -2.70. The van der Waals surface area contributed by atoms with Gasteiger partial charge in [0.25, 0.3) is 0 Å². The minimum atomic E-state index is -0.238. The summed E-state index contributed by atoms with van der Waals surface area (Å²) in [7, 11) is 3.19. The van der Waals surface area contributed by atoms with Crippen molar-refractivity contribution in [3.8, 4) is 11.5 Å². The lowest BCUT2D eigenvalue weighted by atomic mass is 10.1. The second-order valence-corrected chi connectivity index (χ2v) is 6.79. The number of carbonyl (C=O) groups excluding carboxylic acids is 1. The summed E-state index contributed by atoms with van der Waals surface area (Å²) in [4.78, 5) is 12.5. The topological polar surface area (TPSA) is 65.4 Å². The molecule has 0 radical (unpaired) electrons. The second kappa shape index (κ2) is 8.99. The standard InChI is InChI=1S/C20H19Cl2N3O3/c1-27-14-7-6-13(18(10-14)28-2)12-25-19(8-9-23-25)24-20(26)11-15-16(21)4-3-5-17(15)22/h3-10H,11-12H2,1-2H3,(H,24,26). The number of rotatable bonds is 7. The number of nitrogens with zero attached hydrogens (tertiary/aromatic N) is 2. The van der Waals surface area contributed by atoms with Gasteiger partial charge in [-0.2, -0.15) is 5.10 Å². The molecule has 0 saturated carbocycles. The fraction of sp³-hybridized carbons (Fsp3) is 0.200. The molecular weight excluding hydrogens is 401 g/mol. The van der Waals surface area contributed by atoms with Gasteiger partial charge in [0.1, 0.15) is 17.3 Å². The van der Waals surface area contributed by atoms with E-state index in [2.05, 4.69) is 10.4 Å².